The number of hydrogen-bond acceptors (Lipinski definition) is 1. The first-order valence-electron chi connectivity index (χ1n) is 3.58. The largest absolute Gasteiger partial charge is 0.490 e. The van der Waals surface area contributed by atoms with Gasteiger partial charge in [0.1, 0.15) is 5.75 Å². The van der Waals surface area contributed by atoms with Crippen molar-refractivity contribution >= 4 is 0 Å². The Morgan fingerprint density at radius 2 is 2.00 bits per heavy atom. The van der Waals surface area contributed by atoms with Crippen LogP contribution in [0.5, 0.6) is 5.75 Å². The Bertz CT molecular complexity index is 201. The van der Waals surface area contributed by atoms with E-state index in [1.165, 1.54) is 12.8 Å². The minimum absolute atomic E-state index is 0.502. The highest BCUT2D eigenvalue weighted by atomic mass is 16.5. The van der Waals surface area contributed by atoms with Crippen LogP contribution in [0.1, 0.15) is 12.8 Å². The van der Waals surface area contributed by atoms with Gasteiger partial charge in [-0.3, -0.25) is 0 Å². The summed E-state index contributed by atoms with van der Waals surface area (Å²) < 4.78 is 5.51. The molecule has 0 N–H and O–H groups in total. The van der Waals surface area contributed by atoms with Crippen LogP contribution in [-0.4, -0.2) is 6.10 Å². The molecule has 1 aliphatic rings. The van der Waals surface area contributed by atoms with Gasteiger partial charge in [0.05, 0.1) is 6.10 Å². The molecule has 0 amide bonds. The van der Waals surface area contributed by atoms with Crippen molar-refractivity contribution in [2.45, 2.75) is 18.9 Å². The van der Waals surface area contributed by atoms with Crippen molar-refractivity contribution in [1.82, 2.24) is 0 Å². The van der Waals surface area contributed by atoms with E-state index in [0.717, 1.165) is 5.75 Å². The zero-order chi connectivity index (χ0) is 6.81. The van der Waals surface area contributed by atoms with Gasteiger partial charge in [-0.05, 0) is 31.0 Å². The summed E-state index contributed by atoms with van der Waals surface area (Å²) in [5.41, 5.74) is 0. The second-order valence-electron chi connectivity index (χ2n) is 2.55. The summed E-state index contributed by atoms with van der Waals surface area (Å²) in [6.07, 6.45) is 2.94. The summed E-state index contributed by atoms with van der Waals surface area (Å²) in [4.78, 5) is 0. The van der Waals surface area contributed by atoms with E-state index in [9.17, 15) is 0 Å². The molecule has 0 aromatic heterocycles. The minimum atomic E-state index is 0.502. The van der Waals surface area contributed by atoms with Crippen molar-refractivity contribution in [1.29, 1.82) is 0 Å². The Kier molecular flexibility index (Phi) is 1.35. The van der Waals surface area contributed by atoms with Crippen molar-refractivity contribution in [2.75, 3.05) is 0 Å². The van der Waals surface area contributed by atoms with Crippen molar-refractivity contribution in [3.63, 3.8) is 0 Å². The Hall–Kier alpha value is -0.980. The zero-order valence-corrected chi connectivity index (χ0v) is 5.71. The monoisotopic (exact) mass is 133 g/mol. The highest BCUT2D eigenvalue weighted by molar-refractivity contribution is 5.21. The van der Waals surface area contributed by atoms with Gasteiger partial charge in [0.25, 0.3) is 0 Å². The summed E-state index contributed by atoms with van der Waals surface area (Å²) >= 11 is 0. The van der Waals surface area contributed by atoms with Gasteiger partial charge >= 0.3 is 0 Å². The predicted octanol–water partition coefficient (Wildman–Crippen LogP) is 2.03. The highest BCUT2D eigenvalue weighted by Gasteiger charge is 2.22. The molecular formula is C9H9O. The van der Waals surface area contributed by atoms with Crippen LogP contribution >= 0.6 is 0 Å². The Balaban J connectivity index is 2.03. The first-order valence-corrected chi connectivity index (χ1v) is 3.58. The van der Waals surface area contributed by atoms with Gasteiger partial charge in [-0.25, -0.2) is 0 Å². The van der Waals surface area contributed by atoms with Crippen molar-refractivity contribution in [3.05, 3.63) is 30.3 Å². The average Bonchev–Trinajstić information content (AvgIpc) is 2.74. The van der Waals surface area contributed by atoms with Crippen LogP contribution in [0.4, 0.5) is 0 Å². The van der Waals surface area contributed by atoms with Crippen LogP contribution in [0.15, 0.2) is 24.3 Å². The third kappa shape index (κ3) is 1.29. The molecule has 0 saturated heterocycles. The topological polar surface area (TPSA) is 9.23 Å². The maximum absolute atomic E-state index is 5.51. The summed E-state index contributed by atoms with van der Waals surface area (Å²) in [5, 5.41) is 0. The van der Waals surface area contributed by atoms with Crippen LogP contribution in [0.3, 0.4) is 0 Å². The van der Waals surface area contributed by atoms with E-state index in [4.69, 9.17) is 4.74 Å². The number of rotatable bonds is 2. The minimum Gasteiger partial charge on any atom is -0.490 e. The Labute approximate surface area is 60.6 Å². The molecule has 1 aromatic carbocycles. The quantitative estimate of drug-likeness (QED) is 0.599. The van der Waals surface area contributed by atoms with E-state index in [2.05, 4.69) is 6.07 Å². The van der Waals surface area contributed by atoms with Gasteiger partial charge < -0.3 is 4.74 Å². The maximum Gasteiger partial charge on any atom is 0.119 e. The van der Waals surface area contributed by atoms with Crippen LogP contribution in [0.2, 0.25) is 0 Å². The second-order valence-corrected chi connectivity index (χ2v) is 2.55. The average molecular weight is 133 g/mol. The standard InChI is InChI=1S/C9H9O/c1-2-4-8(5-3-1)10-9-6-7-9/h2-5,9H,6-7H2. The fraction of sp³-hybridized carbons (Fsp3) is 0.333. The molecule has 1 saturated carbocycles. The van der Waals surface area contributed by atoms with Crippen molar-refractivity contribution in [3.8, 4) is 5.75 Å². The molecular weight excluding hydrogens is 124 g/mol. The fourth-order valence-electron chi connectivity index (χ4n) is 0.829. The molecule has 0 unspecified atom stereocenters. The fourth-order valence-corrected chi connectivity index (χ4v) is 0.829. The number of benzene rings is 1. The van der Waals surface area contributed by atoms with Crippen LogP contribution in [0, 0.1) is 6.07 Å². The first-order chi connectivity index (χ1) is 4.95. The molecule has 1 aromatic rings. The smallest absolute Gasteiger partial charge is 0.119 e. The molecule has 1 radical (unpaired) electrons. The van der Waals surface area contributed by atoms with Gasteiger partial charge in [-0.1, -0.05) is 12.1 Å². The van der Waals surface area contributed by atoms with E-state index in [0.29, 0.717) is 6.10 Å². The molecule has 2 rings (SSSR count). The second kappa shape index (κ2) is 2.33. The molecule has 1 heteroatoms. The van der Waals surface area contributed by atoms with Gasteiger partial charge in [0.15, 0.2) is 0 Å². The normalized spacial score (nSPS) is 16.8. The first kappa shape index (κ1) is 5.78. The lowest BCUT2D eigenvalue weighted by atomic mass is 10.3. The number of hydrogen-bond donors (Lipinski definition) is 0. The summed E-state index contributed by atoms with van der Waals surface area (Å²) in [5.74, 6) is 0.973. The van der Waals surface area contributed by atoms with Gasteiger partial charge in [-0.2, -0.15) is 0 Å². The molecule has 51 valence electrons. The molecule has 1 fully saturated rings. The Morgan fingerprint density at radius 1 is 1.30 bits per heavy atom. The van der Waals surface area contributed by atoms with Crippen molar-refractivity contribution < 1.29 is 4.74 Å². The van der Waals surface area contributed by atoms with Gasteiger partial charge in [0, 0.05) is 0 Å². The molecule has 0 aliphatic heterocycles. The molecule has 10 heavy (non-hydrogen) atoms. The van der Waals surface area contributed by atoms with E-state index < -0.39 is 0 Å². The van der Waals surface area contributed by atoms with E-state index in [1.54, 1.807) is 0 Å². The van der Waals surface area contributed by atoms with E-state index in [-0.39, 0.29) is 0 Å². The molecule has 1 nitrogen and oxygen atoms in total. The van der Waals surface area contributed by atoms with E-state index in [1.807, 2.05) is 24.3 Å². The molecule has 1 aliphatic carbocycles. The summed E-state index contributed by atoms with van der Waals surface area (Å²) in [6.45, 7) is 0. The maximum atomic E-state index is 5.51. The third-order valence-electron chi connectivity index (χ3n) is 1.51. The van der Waals surface area contributed by atoms with Crippen LogP contribution < -0.4 is 4.74 Å². The van der Waals surface area contributed by atoms with Crippen LogP contribution in [0.25, 0.3) is 0 Å². The third-order valence-corrected chi connectivity index (χ3v) is 1.51. The lowest BCUT2D eigenvalue weighted by Crippen LogP contribution is -1.94. The zero-order valence-electron chi connectivity index (χ0n) is 5.71. The summed E-state index contributed by atoms with van der Waals surface area (Å²) in [7, 11) is 0. The molecule has 0 heterocycles. The van der Waals surface area contributed by atoms with E-state index >= 15 is 0 Å². The van der Waals surface area contributed by atoms with Crippen LogP contribution in [-0.2, 0) is 0 Å². The van der Waals surface area contributed by atoms with Gasteiger partial charge in [0.2, 0.25) is 0 Å². The summed E-state index contributed by atoms with van der Waals surface area (Å²) in [6, 6.07) is 10.6. The molecule has 0 spiro atoms. The van der Waals surface area contributed by atoms with Gasteiger partial charge in [-0.15, -0.1) is 0 Å². The lowest BCUT2D eigenvalue weighted by Gasteiger charge is -2.01. The highest BCUT2D eigenvalue weighted by Crippen LogP contribution is 2.25. The molecule has 0 bridgehead atoms. The Morgan fingerprint density at radius 3 is 2.60 bits per heavy atom. The molecule has 0 atom stereocenters. The SMILES string of the molecule is [c]1ccc(OC2CC2)cc1. The van der Waals surface area contributed by atoms with Crippen molar-refractivity contribution in [2.24, 2.45) is 0 Å². The number of ether oxygens (including phenoxy) is 1. The lowest BCUT2D eigenvalue weighted by molar-refractivity contribution is 0.303. The predicted molar refractivity (Wildman–Crippen MR) is 38.9 cm³/mol.